The Morgan fingerprint density at radius 3 is 2.77 bits per heavy atom. The van der Waals surface area contributed by atoms with E-state index in [4.69, 9.17) is 10.2 Å². The van der Waals surface area contributed by atoms with Crippen LogP contribution in [0.25, 0.3) is 22.7 Å². The van der Waals surface area contributed by atoms with E-state index in [1.54, 1.807) is 42.6 Å². The van der Waals surface area contributed by atoms with Crippen molar-refractivity contribution in [1.82, 2.24) is 9.97 Å². The number of fused-ring (bicyclic) bond motifs is 1. The van der Waals surface area contributed by atoms with Gasteiger partial charge in [0.05, 0.1) is 0 Å². The van der Waals surface area contributed by atoms with Gasteiger partial charge in [0.2, 0.25) is 11.8 Å². The number of hydrogen-bond donors (Lipinski definition) is 2. The van der Waals surface area contributed by atoms with Crippen molar-refractivity contribution >= 4 is 45.7 Å². The number of nitrogens with zero attached hydrogens (tertiary/aromatic N) is 3. The van der Waals surface area contributed by atoms with Gasteiger partial charge in [0, 0.05) is 23.9 Å². The van der Waals surface area contributed by atoms with E-state index in [1.165, 1.54) is 0 Å². The van der Waals surface area contributed by atoms with Crippen LogP contribution in [0.1, 0.15) is 6.42 Å². The third-order valence-electron chi connectivity index (χ3n) is 3.71. The quantitative estimate of drug-likeness (QED) is 0.724. The van der Waals surface area contributed by atoms with Gasteiger partial charge in [-0.1, -0.05) is 11.8 Å². The molecule has 26 heavy (non-hydrogen) atoms. The van der Waals surface area contributed by atoms with Gasteiger partial charge >= 0.3 is 0 Å². The lowest BCUT2D eigenvalue weighted by Gasteiger charge is -2.08. The van der Waals surface area contributed by atoms with Crippen LogP contribution in [-0.4, -0.2) is 32.2 Å². The Kier molecular flexibility index (Phi) is 4.13. The van der Waals surface area contributed by atoms with E-state index in [9.17, 15) is 9.59 Å². The molecule has 9 heteroatoms. The number of aromatic nitrogens is 2. The van der Waals surface area contributed by atoms with Crippen LogP contribution in [0.15, 0.2) is 52.0 Å². The van der Waals surface area contributed by atoms with Crippen molar-refractivity contribution in [3.63, 3.8) is 0 Å². The van der Waals surface area contributed by atoms with Crippen LogP contribution in [0.4, 0.5) is 5.69 Å². The minimum Gasteiger partial charge on any atom is -0.434 e. The SMILES string of the molecule is NC1=NC(=O)C(CC(=O)Nc2ccc(-c3nc4ncccc4o3)cc2)S1. The molecule has 2 amide bonds. The van der Waals surface area contributed by atoms with E-state index in [1.807, 2.05) is 0 Å². The first-order valence-electron chi connectivity index (χ1n) is 7.75. The minimum absolute atomic E-state index is 0.0201. The molecule has 2 aromatic heterocycles. The fourth-order valence-corrected chi connectivity index (χ4v) is 3.32. The number of hydrogen-bond acceptors (Lipinski definition) is 7. The van der Waals surface area contributed by atoms with E-state index >= 15 is 0 Å². The molecule has 1 atom stereocenters. The summed E-state index contributed by atoms with van der Waals surface area (Å²) in [7, 11) is 0. The molecular weight excluding hydrogens is 354 g/mol. The van der Waals surface area contributed by atoms with Gasteiger partial charge in [0.15, 0.2) is 16.4 Å². The molecule has 4 rings (SSSR count). The first-order valence-corrected chi connectivity index (χ1v) is 8.63. The highest BCUT2D eigenvalue weighted by Crippen LogP contribution is 2.25. The number of rotatable bonds is 4. The topological polar surface area (TPSA) is 123 Å². The zero-order chi connectivity index (χ0) is 18.1. The molecule has 130 valence electrons. The van der Waals surface area contributed by atoms with E-state index < -0.39 is 5.25 Å². The predicted molar refractivity (Wildman–Crippen MR) is 98.5 cm³/mol. The first kappa shape index (κ1) is 16.3. The standard InChI is InChI=1S/C17H13N5O3S/c18-17-22-15(24)12(26-17)8-13(23)20-10-5-3-9(4-6-10)16-21-14-11(25-16)2-1-7-19-14/h1-7,12H,8H2,(H,20,23)(H2,18,22,24). The minimum atomic E-state index is -0.554. The number of amidine groups is 1. The maximum absolute atomic E-state index is 12.1. The van der Waals surface area contributed by atoms with Gasteiger partial charge in [-0.05, 0) is 36.4 Å². The molecule has 0 bridgehead atoms. The van der Waals surface area contributed by atoms with Gasteiger partial charge in [-0.25, -0.2) is 4.98 Å². The van der Waals surface area contributed by atoms with Crippen LogP contribution in [-0.2, 0) is 9.59 Å². The number of nitrogens with two attached hydrogens (primary N) is 1. The Hall–Kier alpha value is -3.20. The summed E-state index contributed by atoms with van der Waals surface area (Å²) in [5, 5.41) is 2.39. The molecule has 3 N–H and O–H groups in total. The molecule has 0 spiro atoms. The van der Waals surface area contributed by atoms with Crippen LogP contribution < -0.4 is 11.1 Å². The summed E-state index contributed by atoms with van der Waals surface area (Å²) in [4.78, 5) is 35.7. The van der Waals surface area contributed by atoms with Gasteiger partial charge in [-0.2, -0.15) is 9.98 Å². The monoisotopic (exact) mass is 367 g/mol. The predicted octanol–water partition coefficient (Wildman–Crippen LogP) is 2.18. The van der Waals surface area contributed by atoms with Gasteiger partial charge < -0.3 is 15.5 Å². The van der Waals surface area contributed by atoms with Crippen LogP contribution in [0, 0.1) is 0 Å². The summed E-state index contributed by atoms with van der Waals surface area (Å²) in [5.74, 6) is -0.195. The molecule has 1 aromatic carbocycles. The Morgan fingerprint density at radius 2 is 2.08 bits per heavy atom. The number of carbonyl (C=O) groups excluding carboxylic acids is 2. The molecule has 1 unspecified atom stereocenters. The zero-order valence-corrected chi connectivity index (χ0v) is 14.2. The molecule has 1 aliphatic heterocycles. The second-order valence-electron chi connectivity index (χ2n) is 5.57. The lowest BCUT2D eigenvalue weighted by molar-refractivity contribution is -0.121. The van der Waals surface area contributed by atoms with Crippen molar-refractivity contribution in [3.8, 4) is 11.5 Å². The van der Waals surface area contributed by atoms with E-state index in [2.05, 4.69) is 20.3 Å². The maximum Gasteiger partial charge on any atom is 0.262 e. The number of amides is 2. The lowest BCUT2D eigenvalue weighted by Crippen LogP contribution is -2.21. The summed E-state index contributed by atoms with van der Waals surface area (Å²) in [6.07, 6.45) is 1.67. The van der Waals surface area contributed by atoms with Crippen molar-refractivity contribution in [2.24, 2.45) is 10.7 Å². The van der Waals surface area contributed by atoms with E-state index in [0.29, 0.717) is 22.8 Å². The molecule has 0 radical (unpaired) electrons. The molecule has 0 saturated carbocycles. The molecule has 0 aliphatic carbocycles. The largest absolute Gasteiger partial charge is 0.434 e. The number of carbonyl (C=O) groups is 2. The zero-order valence-electron chi connectivity index (χ0n) is 13.4. The summed E-state index contributed by atoms with van der Waals surface area (Å²) < 4.78 is 5.66. The molecule has 0 fully saturated rings. The second-order valence-corrected chi connectivity index (χ2v) is 6.79. The van der Waals surface area contributed by atoms with Crippen molar-refractivity contribution in [3.05, 3.63) is 42.6 Å². The van der Waals surface area contributed by atoms with Crippen LogP contribution in [0.2, 0.25) is 0 Å². The summed E-state index contributed by atoms with van der Waals surface area (Å²) in [5.41, 5.74) is 8.01. The first-order chi connectivity index (χ1) is 12.6. The van der Waals surface area contributed by atoms with Gasteiger partial charge in [0.1, 0.15) is 5.25 Å². The number of aliphatic imine (C=N–C) groups is 1. The van der Waals surface area contributed by atoms with Gasteiger partial charge in [-0.3, -0.25) is 9.59 Å². The normalized spacial score (nSPS) is 16.7. The molecular formula is C17H13N5O3S. The number of anilines is 1. The molecule has 0 saturated heterocycles. The fourth-order valence-electron chi connectivity index (χ4n) is 2.50. The summed E-state index contributed by atoms with van der Waals surface area (Å²) in [6, 6.07) is 10.6. The third kappa shape index (κ3) is 3.29. The number of thioether (sulfide) groups is 1. The van der Waals surface area contributed by atoms with Crippen molar-refractivity contribution in [1.29, 1.82) is 0 Å². The second kappa shape index (κ2) is 6.60. The van der Waals surface area contributed by atoms with Crippen molar-refractivity contribution < 1.29 is 14.0 Å². The summed E-state index contributed by atoms with van der Waals surface area (Å²) >= 11 is 1.11. The van der Waals surface area contributed by atoms with E-state index in [-0.39, 0.29) is 23.4 Å². The highest BCUT2D eigenvalue weighted by Gasteiger charge is 2.29. The number of nitrogens with one attached hydrogen (secondary N) is 1. The number of pyridine rings is 1. The van der Waals surface area contributed by atoms with Crippen LogP contribution >= 0.6 is 11.8 Å². The molecule has 1 aliphatic rings. The molecule has 3 aromatic rings. The Balaban J connectivity index is 1.43. The van der Waals surface area contributed by atoms with Gasteiger partial charge in [0.25, 0.3) is 5.91 Å². The average molecular weight is 367 g/mol. The Morgan fingerprint density at radius 1 is 1.27 bits per heavy atom. The van der Waals surface area contributed by atoms with E-state index in [0.717, 1.165) is 17.3 Å². The smallest absolute Gasteiger partial charge is 0.262 e. The number of benzene rings is 1. The van der Waals surface area contributed by atoms with Gasteiger partial charge in [-0.15, -0.1) is 0 Å². The summed E-state index contributed by atoms with van der Waals surface area (Å²) in [6.45, 7) is 0. The average Bonchev–Trinajstić information content (AvgIpc) is 3.18. The Labute approximate surface area is 151 Å². The highest BCUT2D eigenvalue weighted by atomic mass is 32.2. The molecule has 3 heterocycles. The third-order valence-corrected chi connectivity index (χ3v) is 4.70. The van der Waals surface area contributed by atoms with Crippen molar-refractivity contribution in [2.45, 2.75) is 11.7 Å². The van der Waals surface area contributed by atoms with Crippen LogP contribution in [0.5, 0.6) is 0 Å². The lowest BCUT2D eigenvalue weighted by atomic mass is 10.2. The Bertz CT molecular complexity index is 995. The van der Waals surface area contributed by atoms with Crippen molar-refractivity contribution in [2.75, 3.05) is 5.32 Å². The fraction of sp³-hybridized carbons (Fsp3) is 0.118. The number of oxazole rings is 1. The highest BCUT2D eigenvalue weighted by molar-refractivity contribution is 8.15. The van der Waals surface area contributed by atoms with Crippen LogP contribution in [0.3, 0.4) is 0 Å². The maximum atomic E-state index is 12.1. The molecule has 8 nitrogen and oxygen atoms in total.